The molecule has 1 fully saturated rings. The summed E-state index contributed by atoms with van der Waals surface area (Å²) in [6, 6.07) is 9.19. The van der Waals surface area contributed by atoms with Crippen LogP contribution in [-0.4, -0.2) is 26.3 Å². The molecular formula is C15H12FN5O. The molecule has 0 atom stereocenters. The van der Waals surface area contributed by atoms with Crippen LogP contribution in [0.3, 0.4) is 0 Å². The molecule has 1 aliphatic heterocycles. The van der Waals surface area contributed by atoms with Crippen molar-refractivity contribution >= 4 is 11.4 Å². The molecule has 0 radical (unpaired) electrons. The molecule has 1 N–H and O–H groups in total. The number of nitrogens with zero attached hydrogens (tertiary/aromatic N) is 4. The van der Waals surface area contributed by atoms with Gasteiger partial charge in [-0.05, 0) is 18.2 Å². The Bertz CT molecular complexity index is 701. The number of allylic oxidation sites excluding steroid dienone is 2. The normalized spacial score (nSPS) is 13.5. The zero-order valence-electron chi connectivity index (χ0n) is 11.6. The first-order chi connectivity index (χ1) is 10.7. The number of hydrogen-bond donors (Lipinski definition) is 1. The van der Waals surface area contributed by atoms with Crippen LogP contribution in [0.2, 0.25) is 0 Å². The summed E-state index contributed by atoms with van der Waals surface area (Å²) in [5, 5.41) is 29.5. The van der Waals surface area contributed by atoms with Crippen LogP contribution < -0.4 is 10.2 Å². The van der Waals surface area contributed by atoms with Gasteiger partial charge in [-0.15, -0.1) is 0 Å². The van der Waals surface area contributed by atoms with Crippen molar-refractivity contribution in [3.05, 3.63) is 35.3 Å². The van der Waals surface area contributed by atoms with Crippen LogP contribution in [-0.2, 0) is 4.74 Å². The highest BCUT2D eigenvalue weighted by Gasteiger charge is 2.17. The maximum atomic E-state index is 13.5. The molecule has 110 valence electrons. The summed E-state index contributed by atoms with van der Waals surface area (Å²) in [5.41, 5.74) is 0.471. The summed E-state index contributed by atoms with van der Waals surface area (Å²) in [6.45, 7) is 2.38. The van der Waals surface area contributed by atoms with E-state index in [1.54, 1.807) is 24.3 Å². The van der Waals surface area contributed by atoms with Crippen molar-refractivity contribution in [1.29, 1.82) is 15.8 Å². The molecule has 0 aliphatic carbocycles. The highest BCUT2D eigenvalue weighted by Crippen LogP contribution is 2.29. The van der Waals surface area contributed by atoms with E-state index in [2.05, 4.69) is 5.32 Å². The van der Waals surface area contributed by atoms with Crippen LogP contribution in [0.1, 0.15) is 0 Å². The highest BCUT2D eigenvalue weighted by atomic mass is 19.1. The molecule has 0 saturated carbocycles. The molecule has 0 spiro atoms. The summed E-state index contributed by atoms with van der Waals surface area (Å²) in [7, 11) is 0. The molecule has 0 aromatic heterocycles. The lowest BCUT2D eigenvalue weighted by molar-refractivity contribution is 0.123. The summed E-state index contributed by atoms with van der Waals surface area (Å²) in [5.74, 6) is -0.479. The lowest BCUT2D eigenvalue weighted by atomic mass is 10.2. The maximum absolute atomic E-state index is 13.5. The van der Waals surface area contributed by atoms with Crippen molar-refractivity contribution in [2.75, 3.05) is 36.5 Å². The molecule has 6 nitrogen and oxygen atoms in total. The number of nitriles is 3. The molecule has 1 aliphatic rings. The fourth-order valence-electron chi connectivity index (χ4n) is 2.11. The third kappa shape index (κ3) is 3.32. The topological polar surface area (TPSA) is 95.9 Å². The van der Waals surface area contributed by atoms with Gasteiger partial charge in [0, 0.05) is 13.1 Å². The van der Waals surface area contributed by atoms with E-state index < -0.39 is 5.82 Å². The number of rotatable bonds is 3. The average Bonchev–Trinajstić information content (AvgIpc) is 2.56. The molecule has 0 bridgehead atoms. The van der Waals surface area contributed by atoms with Gasteiger partial charge in [-0.3, -0.25) is 0 Å². The van der Waals surface area contributed by atoms with Gasteiger partial charge in [0.25, 0.3) is 0 Å². The lowest BCUT2D eigenvalue weighted by Gasteiger charge is -2.30. The summed E-state index contributed by atoms with van der Waals surface area (Å²) in [6.07, 6.45) is 0. The zero-order valence-corrected chi connectivity index (χ0v) is 11.6. The molecular weight excluding hydrogens is 285 g/mol. The third-order valence-electron chi connectivity index (χ3n) is 3.16. The van der Waals surface area contributed by atoms with Crippen molar-refractivity contribution in [1.82, 2.24) is 0 Å². The fraction of sp³-hybridized carbons (Fsp3) is 0.267. The first kappa shape index (κ1) is 15.3. The summed E-state index contributed by atoms with van der Waals surface area (Å²) >= 11 is 0. The quantitative estimate of drug-likeness (QED) is 0.856. The second-order valence-corrected chi connectivity index (χ2v) is 4.47. The van der Waals surface area contributed by atoms with Gasteiger partial charge in [0.15, 0.2) is 5.57 Å². The van der Waals surface area contributed by atoms with Crippen molar-refractivity contribution < 1.29 is 9.13 Å². The molecule has 0 amide bonds. The Balaban J connectivity index is 2.40. The minimum absolute atomic E-state index is 0.204. The van der Waals surface area contributed by atoms with Crippen molar-refractivity contribution in [2.45, 2.75) is 0 Å². The Labute approximate surface area is 127 Å². The van der Waals surface area contributed by atoms with Gasteiger partial charge in [0.2, 0.25) is 0 Å². The number of morpholine rings is 1. The van der Waals surface area contributed by atoms with Crippen molar-refractivity contribution in [2.24, 2.45) is 0 Å². The highest BCUT2D eigenvalue weighted by molar-refractivity contribution is 5.74. The molecule has 1 aromatic carbocycles. The van der Waals surface area contributed by atoms with E-state index in [4.69, 9.17) is 20.5 Å². The van der Waals surface area contributed by atoms with E-state index in [1.807, 2.05) is 4.90 Å². The minimum atomic E-state index is -0.479. The zero-order chi connectivity index (χ0) is 15.9. The number of nitrogens with one attached hydrogen (secondary N) is 1. The van der Waals surface area contributed by atoms with Crippen molar-refractivity contribution in [3.8, 4) is 18.2 Å². The Kier molecular flexibility index (Phi) is 4.93. The van der Waals surface area contributed by atoms with Crippen LogP contribution in [0.5, 0.6) is 0 Å². The molecule has 7 heteroatoms. The summed E-state index contributed by atoms with van der Waals surface area (Å²) in [4.78, 5) is 1.98. The maximum Gasteiger partial charge on any atom is 0.163 e. The van der Waals surface area contributed by atoms with Gasteiger partial charge in [-0.2, -0.15) is 15.8 Å². The number of anilines is 2. The first-order valence-electron chi connectivity index (χ1n) is 6.53. The Morgan fingerprint density at radius 1 is 1.14 bits per heavy atom. The lowest BCUT2D eigenvalue weighted by Crippen LogP contribution is -2.36. The van der Waals surface area contributed by atoms with Gasteiger partial charge >= 0.3 is 0 Å². The largest absolute Gasteiger partial charge is 0.378 e. The van der Waals surface area contributed by atoms with Crippen LogP contribution in [0.4, 0.5) is 15.8 Å². The van der Waals surface area contributed by atoms with Crippen LogP contribution >= 0.6 is 0 Å². The van der Waals surface area contributed by atoms with E-state index in [0.29, 0.717) is 37.7 Å². The van der Waals surface area contributed by atoms with Gasteiger partial charge in [-0.25, -0.2) is 4.39 Å². The van der Waals surface area contributed by atoms with E-state index in [-0.39, 0.29) is 11.3 Å². The Hall–Kier alpha value is -3.08. The number of hydrogen-bond acceptors (Lipinski definition) is 6. The smallest absolute Gasteiger partial charge is 0.163 e. The van der Waals surface area contributed by atoms with Gasteiger partial charge in [0.05, 0.1) is 24.6 Å². The molecule has 0 unspecified atom stereocenters. The average molecular weight is 297 g/mol. The van der Waals surface area contributed by atoms with Crippen LogP contribution in [0, 0.1) is 39.8 Å². The van der Waals surface area contributed by atoms with Gasteiger partial charge in [0.1, 0.15) is 29.7 Å². The predicted molar refractivity (Wildman–Crippen MR) is 76.9 cm³/mol. The number of halogens is 1. The predicted octanol–water partition coefficient (Wildman–Crippen LogP) is 1.90. The van der Waals surface area contributed by atoms with Gasteiger partial charge in [-0.1, -0.05) is 0 Å². The fourth-order valence-corrected chi connectivity index (χ4v) is 2.11. The first-order valence-corrected chi connectivity index (χ1v) is 6.53. The van der Waals surface area contributed by atoms with E-state index >= 15 is 0 Å². The van der Waals surface area contributed by atoms with Crippen LogP contribution in [0.15, 0.2) is 29.5 Å². The Morgan fingerprint density at radius 3 is 2.41 bits per heavy atom. The molecule has 1 saturated heterocycles. The molecule has 22 heavy (non-hydrogen) atoms. The molecule has 1 heterocycles. The number of benzene rings is 1. The Morgan fingerprint density at radius 2 is 1.82 bits per heavy atom. The minimum Gasteiger partial charge on any atom is -0.378 e. The van der Waals surface area contributed by atoms with E-state index in [0.717, 1.165) is 0 Å². The number of ether oxygens (including phenoxy) is 1. The van der Waals surface area contributed by atoms with E-state index in [1.165, 1.54) is 12.1 Å². The second-order valence-electron chi connectivity index (χ2n) is 4.47. The molecule has 1 aromatic rings. The van der Waals surface area contributed by atoms with Crippen LogP contribution in [0.25, 0.3) is 0 Å². The monoisotopic (exact) mass is 297 g/mol. The van der Waals surface area contributed by atoms with Crippen molar-refractivity contribution in [3.63, 3.8) is 0 Å². The third-order valence-corrected chi connectivity index (χ3v) is 3.16. The van der Waals surface area contributed by atoms with E-state index in [9.17, 15) is 4.39 Å². The van der Waals surface area contributed by atoms with Gasteiger partial charge < -0.3 is 15.0 Å². The molecule has 2 rings (SSSR count). The standard InChI is InChI=1S/C15H12FN5O/c16-12-1-2-15(21-3-5-22-6-4-21)13(7-12)20-14(10-19)11(8-17)9-18/h1-2,7,20H,3-6H2. The SMILES string of the molecule is N#CC(C#N)=C(C#N)Nc1cc(F)ccc1N1CCOCC1. The summed E-state index contributed by atoms with van der Waals surface area (Å²) < 4.78 is 18.8. The second kappa shape index (κ2) is 7.08.